The highest BCUT2D eigenvalue weighted by molar-refractivity contribution is 7.12. The molecule has 4 rings (SSSR count). The van der Waals surface area contributed by atoms with Crippen molar-refractivity contribution in [3.8, 4) is 11.1 Å². The molecule has 2 atom stereocenters. The molecule has 29 heavy (non-hydrogen) atoms. The van der Waals surface area contributed by atoms with Crippen LogP contribution in [0, 0.1) is 5.82 Å². The van der Waals surface area contributed by atoms with Gasteiger partial charge in [-0.15, -0.1) is 11.3 Å². The first-order chi connectivity index (χ1) is 14.0. The normalized spacial score (nSPS) is 19.2. The van der Waals surface area contributed by atoms with Crippen LogP contribution in [0.25, 0.3) is 11.1 Å². The summed E-state index contributed by atoms with van der Waals surface area (Å²) in [7, 11) is 0. The second-order valence-corrected chi connectivity index (χ2v) is 8.23. The SMILES string of the molecule is CC1CN(c2ccc(NC(=O)c3sccc3-c3ccccc3)cc2F)CC(C)O1. The number of hydrogen-bond donors (Lipinski definition) is 1. The summed E-state index contributed by atoms with van der Waals surface area (Å²) in [6, 6.07) is 16.5. The first-order valence-electron chi connectivity index (χ1n) is 9.65. The average Bonchev–Trinajstić information content (AvgIpc) is 3.18. The van der Waals surface area contributed by atoms with Crippen LogP contribution in [0.15, 0.2) is 60.0 Å². The summed E-state index contributed by atoms with van der Waals surface area (Å²) in [5.74, 6) is -0.585. The molecule has 2 heterocycles. The Morgan fingerprint density at radius 3 is 2.52 bits per heavy atom. The molecule has 0 spiro atoms. The average molecular weight is 411 g/mol. The smallest absolute Gasteiger partial charge is 0.266 e. The van der Waals surface area contributed by atoms with Crippen LogP contribution >= 0.6 is 11.3 Å². The number of hydrogen-bond acceptors (Lipinski definition) is 4. The summed E-state index contributed by atoms with van der Waals surface area (Å²) >= 11 is 1.37. The first kappa shape index (κ1) is 19.6. The molecular formula is C23H23FN2O2S. The summed E-state index contributed by atoms with van der Waals surface area (Å²) in [6.45, 7) is 5.26. The van der Waals surface area contributed by atoms with Crippen molar-refractivity contribution in [1.29, 1.82) is 0 Å². The number of rotatable bonds is 4. The largest absolute Gasteiger partial charge is 0.372 e. The fraction of sp³-hybridized carbons (Fsp3) is 0.261. The van der Waals surface area contributed by atoms with Crippen LogP contribution in [-0.4, -0.2) is 31.2 Å². The molecule has 1 amide bonds. The van der Waals surface area contributed by atoms with Crippen LogP contribution in [0.5, 0.6) is 0 Å². The molecule has 0 bridgehead atoms. The maximum Gasteiger partial charge on any atom is 0.266 e. The van der Waals surface area contributed by atoms with E-state index in [1.54, 1.807) is 12.1 Å². The summed E-state index contributed by atoms with van der Waals surface area (Å²) in [4.78, 5) is 15.4. The Kier molecular flexibility index (Phi) is 5.65. The highest BCUT2D eigenvalue weighted by Crippen LogP contribution is 2.30. The van der Waals surface area contributed by atoms with Crippen LogP contribution in [0.3, 0.4) is 0 Å². The standard InChI is InChI=1S/C23H23FN2O2S/c1-15-13-26(14-16(2)28-15)21-9-8-18(12-20(21)24)25-23(27)22-19(10-11-29-22)17-6-4-3-5-7-17/h3-12,15-16H,13-14H2,1-2H3,(H,25,27). The summed E-state index contributed by atoms with van der Waals surface area (Å²) in [5.41, 5.74) is 2.83. The molecule has 0 radical (unpaired) electrons. The van der Waals surface area contributed by atoms with Gasteiger partial charge in [0.2, 0.25) is 0 Å². The van der Waals surface area contributed by atoms with Crippen LogP contribution in [0.1, 0.15) is 23.5 Å². The molecule has 0 aliphatic carbocycles. The van der Waals surface area contributed by atoms with Crippen LogP contribution in [0.4, 0.5) is 15.8 Å². The Morgan fingerprint density at radius 1 is 1.10 bits per heavy atom. The number of nitrogens with zero attached hydrogens (tertiary/aromatic N) is 1. The second kappa shape index (κ2) is 8.35. The lowest BCUT2D eigenvalue weighted by atomic mass is 10.1. The van der Waals surface area contributed by atoms with Gasteiger partial charge >= 0.3 is 0 Å². The van der Waals surface area contributed by atoms with E-state index >= 15 is 0 Å². The van der Waals surface area contributed by atoms with Crippen LogP contribution in [0.2, 0.25) is 0 Å². The molecule has 1 aromatic heterocycles. The van der Waals surface area contributed by atoms with Gasteiger partial charge in [0.1, 0.15) is 5.82 Å². The number of halogens is 1. The molecular weight excluding hydrogens is 387 g/mol. The van der Waals surface area contributed by atoms with Crippen molar-refractivity contribution < 1.29 is 13.9 Å². The molecule has 2 unspecified atom stereocenters. The van der Waals surface area contributed by atoms with Crippen molar-refractivity contribution in [3.05, 3.63) is 70.7 Å². The van der Waals surface area contributed by atoms with Gasteiger partial charge in [0.15, 0.2) is 0 Å². The number of carbonyl (C=O) groups excluding carboxylic acids is 1. The molecule has 1 aliphatic rings. The Morgan fingerprint density at radius 2 is 1.83 bits per heavy atom. The van der Waals surface area contributed by atoms with Gasteiger partial charge in [-0.1, -0.05) is 30.3 Å². The predicted octanol–water partition coefficient (Wildman–Crippen LogP) is 5.42. The molecule has 4 nitrogen and oxygen atoms in total. The molecule has 1 fully saturated rings. The Bertz CT molecular complexity index is 995. The third-order valence-corrected chi connectivity index (χ3v) is 5.84. The van der Waals surface area contributed by atoms with Crippen LogP contribution < -0.4 is 10.2 Å². The Balaban J connectivity index is 1.52. The van der Waals surface area contributed by atoms with Gasteiger partial charge < -0.3 is 15.0 Å². The lowest BCUT2D eigenvalue weighted by molar-refractivity contribution is -0.00539. The predicted molar refractivity (Wildman–Crippen MR) is 116 cm³/mol. The van der Waals surface area contributed by atoms with Gasteiger partial charge in [-0.2, -0.15) is 0 Å². The van der Waals surface area contributed by atoms with Crippen molar-refractivity contribution >= 4 is 28.6 Å². The summed E-state index contributed by atoms with van der Waals surface area (Å²) in [5, 5.41) is 4.72. The molecule has 1 N–H and O–H groups in total. The van der Waals surface area contributed by atoms with Crippen molar-refractivity contribution in [2.24, 2.45) is 0 Å². The van der Waals surface area contributed by atoms with E-state index in [0.29, 0.717) is 29.3 Å². The van der Waals surface area contributed by atoms with E-state index in [1.165, 1.54) is 17.4 Å². The van der Waals surface area contributed by atoms with Gasteiger partial charge in [-0.3, -0.25) is 4.79 Å². The number of ether oxygens (including phenoxy) is 1. The first-order valence-corrected chi connectivity index (χ1v) is 10.5. The fourth-order valence-corrected chi connectivity index (χ4v) is 4.54. The van der Waals surface area contributed by atoms with E-state index in [9.17, 15) is 9.18 Å². The molecule has 150 valence electrons. The van der Waals surface area contributed by atoms with E-state index < -0.39 is 0 Å². The monoisotopic (exact) mass is 410 g/mol. The Hall–Kier alpha value is -2.70. The summed E-state index contributed by atoms with van der Waals surface area (Å²) in [6.07, 6.45) is 0.0977. The maximum atomic E-state index is 14.8. The number of morpholine rings is 1. The number of carbonyl (C=O) groups is 1. The Labute approximate surface area is 173 Å². The third-order valence-electron chi connectivity index (χ3n) is 4.92. The van der Waals surface area contributed by atoms with E-state index in [4.69, 9.17) is 4.74 Å². The maximum absolute atomic E-state index is 14.8. The number of anilines is 2. The van der Waals surface area contributed by atoms with Crippen molar-refractivity contribution in [3.63, 3.8) is 0 Å². The quantitative estimate of drug-likeness (QED) is 0.624. The zero-order valence-corrected chi connectivity index (χ0v) is 17.2. The minimum absolute atomic E-state index is 0.0489. The topological polar surface area (TPSA) is 41.6 Å². The van der Waals surface area contributed by atoms with Crippen LogP contribution in [-0.2, 0) is 4.74 Å². The molecule has 1 saturated heterocycles. The zero-order chi connectivity index (χ0) is 20.4. The lowest BCUT2D eigenvalue weighted by Gasteiger charge is -2.37. The number of nitrogens with one attached hydrogen (secondary N) is 1. The van der Waals surface area contributed by atoms with E-state index in [2.05, 4.69) is 5.32 Å². The van der Waals surface area contributed by atoms with E-state index in [1.807, 2.05) is 60.5 Å². The van der Waals surface area contributed by atoms with Crippen molar-refractivity contribution in [1.82, 2.24) is 0 Å². The molecule has 0 saturated carbocycles. The zero-order valence-electron chi connectivity index (χ0n) is 16.4. The van der Waals surface area contributed by atoms with Gasteiger partial charge in [-0.25, -0.2) is 4.39 Å². The van der Waals surface area contributed by atoms with Gasteiger partial charge in [-0.05, 0) is 49.1 Å². The molecule has 6 heteroatoms. The molecule has 1 aliphatic heterocycles. The fourth-order valence-electron chi connectivity index (χ4n) is 3.73. The van der Waals surface area contributed by atoms with E-state index in [-0.39, 0.29) is 23.9 Å². The summed E-state index contributed by atoms with van der Waals surface area (Å²) < 4.78 is 20.5. The second-order valence-electron chi connectivity index (χ2n) is 7.31. The van der Waals surface area contributed by atoms with Gasteiger partial charge in [0.05, 0.1) is 22.8 Å². The van der Waals surface area contributed by atoms with E-state index in [0.717, 1.165) is 11.1 Å². The minimum atomic E-state index is -0.349. The van der Waals surface area contributed by atoms with Gasteiger partial charge in [0, 0.05) is 24.3 Å². The number of amides is 1. The third kappa shape index (κ3) is 4.33. The highest BCUT2D eigenvalue weighted by atomic mass is 32.1. The lowest BCUT2D eigenvalue weighted by Crippen LogP contribution is -2.45. The minimum Gasteiger partial charge on any atom is -0.372 e. The highest BCUT2D eigenvalue weighted by Gasteiger charge is 2.24. The van der Waals surface area contributed by atoms with Crippen molar-refractivity contribution in [2.45, 2.75) is 26.1 Å². The molecule has 3 aromatic rings. The molecule has 2 aromatic carbocycles. The number of thiophene rings is 1. The van der Waals surface area contributed by atoms with Gasteiger partial charge in [0.25, 0.3) is 5.91 Å². The number of benzene rings is 2. The van der Waals surface area contributed by atoms with Crippen molar-refractivity contribution in [2.75, 3.05) is 23.3 Å².